The van der Waals surface area contributed by atoms with Crippen LogP contribution in [0, 0.1) is 0 Å². The number of rotatable bonds is 2. The molecular weight excluding hydrogens is 246 g/mol. The Morgan fingerprint density at radius 1 is 1.50 bits per heavy atom. The first-order chi connectivity index (χ1) is 8.86. The van der Waals surface area contributed by atoms with Crippen molar-refractivity contribution < 1.29 is 0 Å². The number of aliphatic imine (C=N–C) groups is 1. The van der Waals surface area contributed by atoms with E-state index in [4.69, 9.17) is 0 Å². The maximum atomic E-state index is 4.55. The molecule has 0 spiro atoms. The minimum Gasteiger partial charge on any atom is -0.351 e. The molecule has 3 rings (SSSR count). The predicted octanol–water partition coefficient (Wildman–Crippen LogP) is 1.57. The summed E-state index contributed by atoms with van der Waals surface area (Å²) < 4.78 is 2.06. The van der Waals surface area contributed by atoms with Crippen LogP contribution < -0.4 is 5.32 Å². The van der Waals surface area contributed by atoms with Crippen LogP contribution in [0.2, 0.25) is 0 Å². The minimum absolute atomic E-state index is 0.734. The molecular formula is C12H17N5S. The third-order valence-electron chi connectivity index (χ3n) is 3.19. The van der Waals surface area contributed by atoms with Crippen molar-refractivity contribution in [3.8, 4) is 0 Å². The van der Waals surface area contributed by atoms with Crippen molar-refractivity contribution in [2.24, 2.45) is 4.99 Å². The first-order valence-corrected chi connectivity index (χ1v) is 7.11. The van der Waals surface area contributed by atoms with Gasteiger partial charge in [0.1, 0.15) is 0 Å². The smallest absolute Gasteiger partial charge is 0.193 e. The summed E-state index contributed by atoms with van der Waals surface area (Å²) in [4.78, 5) is 12.2. The van der Waals surface area contributed by atoms with Crippen LogP contribution in [-0.2, 0) is 6.54 Å². The molecule has 1 N–H and O–H groups in total. The zero-order chi connectivity index (χ0) is 12.4. The number of fused-ring (bicyclic) bond motifs is 1. The Morgan fingerprint density at radius 2 is 2.33 bits per heavy atom. The molecule has 1 aliphatic heterocycles. The molecule has 0 unspecified atom stereocenters. The van der Waals surface area contributed by atoms with E-state index in [1.807, 2.05) is 18.6 Å². The van der Waals surface area contributed by atoms with E-state index < -0.39 is 0 Å². The predicted molar refractivity (Wildman–Crippen MR) is 74.1 cm³/mol. The molecule has 18 heavy (non-hydrogen) atoms. The van der Waals surface area contributed by atoms with E-state index in [1.165, 1.54) is 12.8 Å². The fourth-order valence-electron chi connectivity index (χ4n) is 2.29. The summed E-state index contributed by atoms with van der Waals surface area (Å²) in [7, 11) is 1.84. The molecule has 1 aliphatic rings. The van der Waals surface area contributed by atoms with Crippen molar-refractivity contribution in [2.45, 2.75) is 19.4 Å². The van der Waals surface area contributed by atoms with E-state index in [0.717, 1.165) is 36.2 Å². The third kappa shape index (κ3) is 2.20. The van der Waals surface area contributed by atoms with Crippen LogP contribution in [0.25, 0.3) is 4.96 Å². The number of hydrogen-bond acceptors (Lipinski definition) is 3. The van der Waals surface area contributed by atoms with Gasteiger partial charge >= 0.3 is 0 Å². The summed E-state index contributed by atoms with van der Waals surface area (Å²) in [5.74, 6) is 0.990. The molecule has 0 atom stereocenters. The quantitative estimate of drug-likeness (QED) is 0.661. The Labute approximate surface area is 110 Å². The lowest BCUT2D eigenvalue weighted by Gasteiger charge is -2.20. The Balaban J connectivity index is 1.64. The number of thiazole rings is 1. The molecule has 0 radical (unpaired) electrons. The number of likely N-dealkylation sites (tertiary alicyclic amines) is 1. The Bertz CT molecular complexity index is 521. The first-order valence-electron chi connectivity index (χ1n) is 6.23. The van der Waals surface area contributed by atoms with E-state index in [9.17, 15) is 0 Å². The van der Waals surface area contributed by atoms with E-state index in [1.54, 1.807) is 11.3 Å². The fourth-order valence-corrected chi connectivity index (χ4v) is 3.01. The van der Waals surface area contributed by atoms with Gasteiger partial charge in [-0.15, -0.1) is 11.3 Å². The lowest BCUT2D eigenvalue weighted by atomic mass is 10.4. The van der Waals surface area contributed by atoms with Crippen molar-refractivity contribution in [1.82, 2.24) is 19.6 Å². The molecule has 1 fully saturated rings. The van der Waals surface area contributed by atoms with Gasteiger partial charge < -0.3 is 10.2 Å². The largest absolute Gasteiger partial charge is 0.351 e. The molecule has 6 heteroatoms. The van der Waals surface area contributed by atoms with Gasteiger partial charge in [-0.25, -0.2) is 4.98 Å². The van der Waals surface area contributed by atoms with E-state index >= 15 is 0 Å². The summed E-state index contributed by atoms with van der Waals surface area (Å²) in [6, 6.07) is 0. The van der Waals surface area contributed by atoms with Crippen LogP contribution in [-0.4, -0.2) is 40.4 Å². The van der Waals surface area contributed by atoms with Crippen LogP contribution >= 0.6 is 11.3 Å². The highest BCUT2D eigenvalue weighted by atomic mass is 32.1. The first kappa shape index (κ1) is 11.5. The van der Waals surface area contributed by atoms with Crippen LogP contribution in [0.15, 0.2) is 22.8 Å². The van der Waals surface area contributed by atoms with E-state index in [2.05, 4.69) is 30.8 Å². The van der Waals surface area contributed by atoms with Gasteiger partial charge in [0.05, 0.1) is 12.2 Å². The topological polar surface area (TPSA) is 44.9 Å². The van der Waals surface area contributed by atoms with Gasteiger partial charge in [0.2, 0.25) is 0 Å². The number of guanidine groups is 1. The van der Waals surface area contributed by atoms with E-state index in [0.29, 0.717) is 0 Å². The second-order valence-corrected chi connectivity index (χ2v) is 5.29. The van der Waals surface area contributed by atoms with Gasteiger partial charge in [-0.2, -0.15) is 0 Å². The molecule has 0 bridgehead atoms. The molecule has 0 aliphatic carbocycles. The number of hydrogen-bond donors (Lipinski definition) is 1. The SMILES string of the molecule is CN=C(NCc1cn2ccsc2n1)N1CCCC1. The van der Waals surface area contributed by atoms with Crippen molar-refractivity contribution >= 4 is 22.3 Å². The minimum atomic E-state index is 0.734. The van der Waals surface area contributed by atoms with Gasteiger partial charge in [0, 0.05) is 37.9 Å². The summed E-state index contributed by atoms with van der Waals surface area (Å²) in [5, 5.41) is 5.43. The molecule has 0 aromatic carbocycles. The maximum Gasteiger partial charge on any atom is 0.193 e. The molecule has 5 nitrogen and oxygen atoms in total. The highest BCUT2D eigenvalue weighted by molar-refractivity contribution is 7.15. The Morgan fingerprint density at radius 3 is 3.06 bits per heavy atom. The van der Waals surface area contributed by atoms with Gasteiger partial charge in [-0.1, -0.05) is 0 Å². The monoisotopic (exact) mass is 263 g/mol. The zero-order valence-corrected chi connectivity index (χ0v) is 11.3. The molecule has 96 valence electrons. The fraction of sp³-hybridized carbons (Fsp3) is 0.500. The number of nitrogens with one attached hydrogen (secondary N) is 1. The highest BCUT2D eigenvalue weighted by Gasteiger charge is 2.15. The molecule has 2 aromatic rings. The van der Waals surface area contributed by atoms with Crippen LogP contribution in [0.3, 0.4) is 0 Å². The summed E-state index contributed by atoms with van der Waals surface area (Å²) in [6.07, 6.45) is 6.63. The second kappa shape index (κ2) is 4.97. The maximum absolute atomic E-state index is 4.55. The summed E-state index contributed by atoms with van der Waals surface area (Å²) in [6.45, 7) is 2.95. The van der Waals surface area contributed by atoms with Crippen molar-refractivity contribution in [3.05, 3.63) is 23.5 Å². The van der Waals surface area contributed by atoms with Gasteiger partial charge in [0.15, 0.2) is 10.9 Å². The normalized spacial score (nSPS) is 16.7. The standard InChI is InChI=1S/C12H17N5S/c1-13-11(16-4-2-3-5-16)14-8-10-9-17-6-7-18-12(17)15-10/h6-7,9H,2-5,8H2,1H3,(H,13,14). The third-order valence-corrected chi connectivity index (χ3v) is 3.96. The van der Waals surface area contributed by atoms with Gasteiger partial charge in [-0.05, 0) is 12.8 Å². The average molecular weight is 263 g/mol. The lowest BCUT2D eigenvalue weighted by Crippen LogP contribution is -2.39. The molecule has 3 heterocycles. The lowest BCUT2D eigenvalue weighted by molar-refractivity contribution is 0.493. The molecule has 0 amide bonds. The Hall–Kier alpha value is -1.56. The molecule has 1 saturated heterocycles. The second-order valence-electron chi connectivity index (χ2n) is 4.42. The van der Waals surface area contributed by atoms with Crippen molar-refractivity contribution in [3.63, 3.8) is 0 Å². The average Bonchev–Trinajstić information content (AvgIpc) is 3.04. The summed E-state index contributed by atoms with van der Waals surface area (Å²) >= 11 is 1.66. The van der Waals surface area contributed by atoms with E-state index in [-0.39, 0.29) is 0 Å². The van der Waals surface area contributed by atoms with Gasteiger partial charge in [-0.3, -0.25) is 9.39 Å². The molecule has 0 saturated carbocycles. The van der Waals surface area contributed by atoms with Crippen molar-refractivity contribution in [2.75, 3.05) is 20.1 Å². The highest BCUT2D eigenvalue weighted by Crippen LogP contribution is 2.11. The van der Waals surface area contributed by atoms with Crippen LogP contribution in [0.5, 0.6) is 0 Å². The van der Waals surface area contributed by atoms with Crippen LogP contribution in [0.4, 0.5) is 0 Å². The zero-order valence-electron chi connectivity index (χ0n) is 10.5. The molecule has 2 aromatic heterocycles. The summed E-state index contributed by atoms with van der Waals surface area (Å²) in [5.41, 5.74) is 1.06. The Kier molecular flexibility index (Phi) is 3.19. The number of aromatic nitrogens is 2. The number of nitrogens with zero attached hydrogens (tertiary/aromatic N) is 4. The van der Waals surface area contributed by atoms with Crippen LogP contribution in [0.1, 0.15) is 18.5 Å². The number of imidazole rings is 1. The van der Waals surface area contributed by atoms with Gasteiger partial charge in [0.25, 0.3) is 0 Å². The van der Waals surface area contributed by atoms with Crippen molar-refractivity contribution in [1.29, 1.82) is 0 Å².